The van der Waals surface area contributed by atoms with Gasteiger partial charge >= 0.3 is 0 Å². The minimum atomic E-state index is -0.321. The second-order valence-electron chi connectivity index (χ2n) is 9.64. The lowest BCUT2D eigenvalue weighted by atomic mass is 10.0. The highest BCUT2D eigenvalue weighted by molar-refractivity contribution is 7.98. The zero-order valence-electron chi connectivity index (χ0n) is 22.2. The van der Waals surface area contributed by atoms with Gasteiger partial charge in [-0.15, -0.1) is 10.2 Å². The van der Waals surface area contributed by atoms with E-state index in [0.29, 0.717) is 11.4 Å². The average molecular weight is 513 g/mol. The van der Waals surface area contributed by atoms with Crippen LogP contribution in [0.5, 0.6) is 0 Å². The van der Waals surface area contributed by atoms with Crippen LogP contribution in [0.4, 0.5) is 0 Å². The van der Waals surface area contributed by atoms with Crippen molar-refractivity contribution in [1.29, 1.82) is 0 Å². The number of unbranched alkanes of at least 4 members (excludes halogenated alkanes) is 2. The van der Waals surface area contributed by atoms with Gasteiger partial charge in [-0.25, -0.2) is 0 Å². The van der Waals surface area contributed by atoms with Crippen LogP contribution in [0.2, 0.25) is 0 Å². The van der Waals surface area contributed by atoms with Crippen LogP contribution in [0.15, 0.2) is 78.0 Å². The second kappa shape index (κ2) is 12.7. The molecule has 6 heteroatoms. The Balaban J connectivity index is 1.52. The Hall–Kier alpha value is -3.38. The second-order valence-corrected chi connectivity index (χ2v) is 10.6. The van der Waals surface area contributed by atoms with Crippen molar-refractivity contribution < 1.29 is 4.79 Å². The number of amides is 1. The molecule has 0 fully saturated rings. The fourth-order valence-electron chi connectivity index (χ4n) is 4.29. The molecule has 0 saturated heterocycles. The molecule has 0 spiro atoms. The lowest BCUT2D eigenvalue weighted by Gasteiger charge is -2.17. The van der Waals surface area contributed by atoms with Gasteiger partial charge in [0.15, 0.2) is 11.0 Å². The maximum absolute atomic E-state index is 13.1. The molecule has 37 heavy (non-hydrogen) atoms. The van der Waals surface area contributed by atoms with E-state index in [9.17, 15) is 4.79 Å². The number of hydrogen-bond donors (Lipinski definition) is 1. The van der Waals surface area contributed by atoms with Crippen LogP contribution in [0.3, 0.4) is 0 Å². The highest BCUT2D eigenvalue weighted by Crippen LogP contribution is 2.28. The number of aryl methyl sites for hydroxylation is 3. The molecule has 0 saturated carbocycles. The van der Waals surface area contributed by atoms with Gasteiger partial charge in [-0.3, -0.25) is 9.36 Å². The van der Waals surface area contributed by atoms with E-state index in [1.54, 1.807) is 11.8 Å². The molecule has 0 aliphatic heterocycles. The quantitative estimate of drug-likeness (QED) is 0.168. The lowest BCUT2D eigenvalue weighted by molar-refractivity contribution is 0.0938. The number of aromatic nitrogens is 3. The van der Waals surface area contributed by atoms with Gasteiger partial charge < -0.3 is 5.32 Å². The maximum atomic E-state index is 13.1. The van der Waals surface area contributed by atoms with Gasteiger partial charge in [0, 0.05) is 17.0 Å². The normalized spacial score (nSPS) is 11.9. The van der Waals surface area contributed by atoms with Gasteiger partial charge in [-0.1, -0.05) is 91.2 Å². The van der Waals surface area contributed by atoms with E-state index in [4.69, 9.17) is 0 Å². The Kier molecular flexibility index (Phi) is 9.18. The highest BCUT2D eigenvalue weighted by atomic mass is 32.2. The molecule has 1 unspecified atom stereocenters. The van der Waals surface area contributed by atoms with E-state index in [0.717, 1.165) is 23.0 Å². The molecule has 3 aromatic carbocycles. The first-order valence-corrected chi connectivity index (χ1v) is 14.0. The molecule has 1 atom stereocenters. The molecule has 1 amide bonds. The van der Waals surface area contributed by atoms with Gasteiger partial charge in [0.1, 0.15) is 0 Å². The molecular formula is C31H36N4OS. The number of carbonyl (C=O) groups excluding carboxylic acids is 1. The van der Waals surface area contributed by atoms with Crippen LogP contribution in [-0.4, -0.2) is 20.7 Å². The highest BCUT2D eigenvalue weighted by Gasteiger charge is 2.21. The average Bonchev–Trinajstić information content (AvgIpc) is 3.32. The predicted octanol–water partition coefficient (Wildman–Crippen LogP) is 7.40. The van der Waals surface area contributed by atoms with E-state index >= 15 is 0 Å². The van der Waals surface area contributed by atoms with Crippen LogP contribution < -0.4 is 5.32 Å². The van der Waals surface area contributed by atoms with Gasteiger partial charge in [-0.2, -0.15) is 0 Å². The Bertz CT molecular complexity index is 1310. The standard InChI is InChI=1S/C31H36N4OS/c1-5-6-7-10-25-14-16-27(17-15-25)30(36)32-24(4)29-33-34-31(35(29)28-18-12-22(2)13-19-28)37-21-26-11-8-9-23(3)20-26/h8-9,11-20,24H,5-7,10,21H2,1-4H3,(H,32,36). The summed E-state index contributed by atoms with van der Waals surface area (Å²) in [6.45, 7) is 8.34. The summed E-state index contributed by atoms with van der Waals surface area (Å²) in [4.78, 5) is 13.1. The number of nitrogens with one attached hydrogen (secondary N) is 1. The summed E-state index contributed by atoms with van der Waals surface area (Å²) in [5.74, 6) is 1.39. The van der Waals surface area contributed by atoms with E-state index in [1.165, 1.54) is 41.5 Å². The molecular weight excluding hydrogens is 476 g/mol. The first kappa shape index (κ1) is 26.7. The van der Waals surface area contributed by atoms with Crippen LogP contribution in [-0.2, 0) is 12.2 Å². The summed E-state index contributed by atoms with van der Waals surface area (Å²) >= 11 is 1.65. The smallest absolute Gasteiger partial charge is 0.251 e. The Morgan fingerprint density at radius 1 is 0.919 bits per heavy atom. The van der Waals surface area contributed by atoms with Crippen LogP contribution >= 0.6 is 11.8 Å². The molecule has 0 aliphatic rings. The van der Waals surface area contributed by atoms with Crippen molar-refractivity contribution >= 4 is 17.7 Å². The third-order valence-corrected chi connectivity index (χ3v) is 7.42. The SMILES string of the molecule is CCCCCc1ccc(C(=O)NC(C)c2nnc(SCc3cccc(C)c3)n2-c2ccc(C)cc2)cc1. The van der Waals surface area contributed by atoms with E-state index in [1.807, 2.05) is 19.1 Å². The van der Waals surface area contributed by atoms with Gasteiger partial charge in [-0.05, 0) is 69.0 Å². The van der Waals surface area contributed by atoms with Crippen molar-refractivity contribution in [3.63, 3.8) is 0 Å². The zero-order valence-corrected chi connectivity index (χ0v) is 23.0. The molecule has 192 valence electrons. The topological polar surface area (TPSA) is 59.8 Å². The molecule has 1 N–H and O–H groups in total. The van der Waals surface area contributed by atoms with Crippen molar-refractivity contribution in [2.24, 2.45) is 0 Å². The number of nitrogens with zero attached hydrogens (tertiary/aromatic N) is 3. The minimum Gasteiger partial charge on any atom is -0.342 e. The van der Waals surface area contributed by atoms with Crippen molar-refractivity contribution in [1.82, 2.24) is 20.1 Å². The van der Waals surface area contributed by atoms with Crippen LogP contribution in [0.25, 0.3) is 5.69 Å². The fraction of sp³-hybridized carbons (Fsp3) is 0.323. The summed E-state index contributed by atoms with van der Waals surface area (Å²) in [7, 11) is 0. The molecule has 4 rings (SSSR count). The number of benzene rings is 3. The van der Waals surface area contributed by atoms with Crippen LogP contribution in [0, 0.1) is 13.8 Å². The molecule has 5 nitrogen and oxygen atoms in total. The minimum absolute atomic E-state index is 0.111. The molecule has 0 aliphatic carbocycles. The van der Waals surface area contributed by atoms with Gasteiger partial charge in [0.2, 0.25) is 0 Å². The Morgan fingerprint density at radius 2 is 1.68 bits per heavy atom. The number of carbonyl (C=O) groups is 1. The van der Waals surface area contributed by atoms with Gasteiger partial charge in [0.25, 0.3) is 5.91 Å². The van der Waals surface area contributed by atoms with Gasteiger partial charge in [0.05, 0.1) is 6.04 Å². The predicted molar refractivity (Wildman–Crippen MR) is 152 cm³/mol. The third-order valence-electron chi connectivity index (χ3n) is 6.42. The number of hydrogen-bond acceptors (Lipinski definition) is 4. The summed E-state index contributed by atoms with van der Waals surface area (Å²) in [6.07, 6.45) is 4.66. The number of thioether (sulfide) groups is 1. The summed E-state index contributed by atoms with van der Waals surface area (Å²) < 4.78 is 2.06. The van der Waals surface area contributed by atoms with Crippen molar-refractivity contribution in [3.05, 3.63) is 106 Å². The fourth-order valence-corrected chi connectivity index (χ4v) is 5.19. The van der Waals surface area contributed by atoms with E-state index in [-0.39, 0.29) is 11.9 Å². The Labute approximate surface area is 224 Å². The summed E-state index contributed by atoms with van der Waals surface area (Å²) in [5.41, 5.74) is 6.57. The largest absolute Gasteiger partial charge is 0.342 e. The molecule has 0 bridgehead atoms. The molecule has 0 radical (unpaired) electrons. The van der Waals surface area contributed by atoms with E-state index < -0.39 is 0 Å². The van der Waals surface area contributed by atoms with Crippen molar-refractivity contribution in [2.75, 3.05) is 0 Å². The first-order valence-electron chi connectivity index (χ1n) is 13.0. The van der Waals surface area contributed by atoms with E-state index in [2.05, 4.69) is 102 Å². The van der Waals surface area contributed by atoms with Crippen LogP contribution in [0.1, 0.15) is 77.6 Å². The van der Waals surface area contributed by atoms with Crippen molar-refractivity contribution in [3.8, 4) is 5.69 Å². The third kappa shape index (κ3) is 7.10. The Morgan fingerprint density at radius 3 is 2.38 bits per heavy atom. The maximum Gasteiger partial charge on any atom is 0.251 e. The molecule has 1 heterocycles. The molecule has 4 aromatic rings. The molecule has 1 aromatic heterocycles. The van der Waals surface area contributed by atoms with Crippen molar-refractivity contribution in [2.45, 2.75) is 70.3 Å². The lowest BCUT2D eigenvalue weighted by Crippen LogP contribution is -2.28. The summed E-state index contributed by atoms with van der Waals surface area (Å²) in [5, 5.41) is 13.0. The summed E-state index contributed by atoms with van der Waals surface area (Å²) in [6, 6.07) is 24.4. The monoisotopic (exact) mass is 512 g/mol. The number of rotatable bonds is 11. The first-order chi connectivity index (χ1) is 17.9. The zero-order chi connectivity index (χ0) is 26.2.